The number of carbonyl (C=O) groups excluding carboxylic acids is 2. The Morgan fingerprint density at radius 2 is 1.08 bits per heavy atom. The van der Waals surface area contributed by atoms with Crippen molar-refractivity contribution < 1.29 is 9.59 Å². The second-order valence-corrected chi connectivity index (χ2v) is 9.28. The maximum absolute atomic E-state index is 11.7. The molecule has 0 atom stereocenters. The summed E-state index contributed by atoms with van der Waals surface area (Å²) in [5, 5.41) is 0. The predicted molar refractivity (Wildman–Crippen MR) is 120 cm³/mol. The number of unbranched alkanes of at least 4 members (excludes halogenated alkanes) is 8. The predicted octanol–water partition coefficient (Wildman–Crippen LogP) is 7.34. The maximum atomic E-state index is 11.7. The molecule has 150 valence electrons. The van der Waals surface area contributed by atoms with Gasteiger partial charge < -0.3 is 0 Å². The molecule has 0 saturated carbocycles. The van der Waals surface area contributed by atoms with E-state index in [2.05, 4.69) is 13.8 Å². The molecule has 0 bridgehead atoms. The van der Waals surface area contributed by atoms with Crippen LogP contribution in [0, 0.1) is 0 Å². The fourth-order valence-electron chi connectivity index (χ4n) is 2.38. The third kappa shape index (κ3) is 19.8. The van der Waals surface area contributed by atoms with E-state index in [9.17, 15) is 9.59 Å². The number of rotatable bonds is 19. The zero-order valence-corrected chi connectivity index (χ0v) is 18.5. The topological polar surface area (TPSA) is 34.1 Å². The summed E-state index contributed by atoms with van der Waals surface area (Å²) in [6, 6.07) is 0. The highest BCUT2D eigenvalue weighted by Crippen LogP contribution is 2.23. The summed E-state index contributed by atoms with van der Waals surface area (Å²) >= 11 is 0. The van der Waals surface area contributed by atoms with E-state index in [1.165, 1.54) is 51.4 Å². The normalized spacial score (nSPS) is 11.6. The van der Waals surface area contributed by atoms with E-state index in [1.807, 2.05) is 12.2 Å². The van der Waals surface area contributed by atoms with Crippen molar-refractivity contribution in [1.82, 2.24) is 0 Å². The van der Waals surface area contributed by atoms with Crippen molar-refractivity contribution in [3.05, 3.63) is 24.3 Å². The zero-order valence-electron chi connectivity index (χ0n) is 16.8. The van der Waals surface area contributed by atoms with Crippen LogP contribution in [0.5, 0.6) is 0 Å². The van der Waals surface area contributed by atoms with Crippen molar-refractivity contribution in [3.8, 4) is 0 Å². The molecule has 0 aromatic carbocycles. The third-order valence-electron chi connectivity index (χ3n) is 4.00. The molecule has 0 aromatic rings. The molecule has 26 heavy (non-hydrogen) atoms. The Morgan fingerprint density at radius 1 is 0.654 bits per heavy atom. The second-order valence-electron chi connectivity index (χ2n) is 6.58. The Labute approximate surface area is 169 Å². The van der Waals surface area contributed by atoms with Gasteiger partial charge in [-0.2, -0.15) is 0 Å². The average Bonchev–Trinajstić information content (AvgIpc) is 2.63. The Hall–Kier alpha value is -0.480. The van der Waals surface area contributed by atoms with E-state index in [1.54, 1.807) is 33.7 Å². The summed E-state index contributed by atoms with van der Waals surface area (Å²) in [5.74, 6) is 2.09. The van der Waals surface area contributed by atoms with Crippen LogP contribution in [0.15, 0.2) is 24.3 Å². The molecule has 0 fully saturated rings. The van der Waals surface area contributed by atoms with Gasteiger partial charge in [-0.15, -0.1) is 0 Å². The molecule has 0 aliphatic rings. The van der Waals surface area contributed by atoms with E-state index in [4.69, 9.17) is 0 Å². The highest BCUT2D eigenvalue weighted by atomic mass is 33.1. The van der Waals surface area contributed by atoms with Gasteiger partial charge in [-0.05, 0) is 37.8 Å². The minimum absolute atomic E-state index is 0.218. The number of carbonyl (C=O) groups is 2. The standard InChI is InChI=1S/C22H38O2S2/c1-3-5-7-9-11-13-15-21(23)17-19-25-26-20-18-22(24)16-14-12-10-8-6-4-2/h13-16H,3-12,17-20H2,1-2H3. The number of allylic oxidation sites excluding steroid dienone is 4. The van der Waals surface area contributed by atoms with E-state index in [0.717, 1.165) is 24.3 Å². The van der Waals surface area contributed by atoms with Gasteiger partial charge in [0.25, 0.3) is 0 Å². The summed E-state index contributed by atoms with van der Waals surface area (Å²) < 4.78 is 0. The summed E-state index contributed by atoms with van der Waals surface area (Å²) in [6.45, 7) is 4.41. The lowest BCUT2D eigenvalue weighted by Gasteiger charge is -1.99. The molecule has 0 heterocycles. The summed E-state index contributed by atoms with van der Waals surface area (Å²) in [4.78, 5) is 23.4. The van der Waals surface area contributed by atoms with Crippen molar-refractivity contribution in [2.75, 3.05) is 11.5 Å². The van der Waals surface area contributed by atoms with E-state index in [-0.39, 0.29) is 11.6 Å². The molecule has 0 amide bonds. The molecule has 0 unspecified atom stereocenters. The van der Waals surface area contributed by atoms with Crippen LogP contribution in [0.3, 0.4) is 0 Å². The van der Waals surface area contributed by atoms with Crippen LogP contribution in [0.25, 0.3) is 0 Å². The molecule has 0 radical (unpaired) electrons. The van der Waals surface area contributed by atoms with Gasteiger partial charge in [0.15, 0.2) is 11.6 Å². The van der Waals surface area contributed by atoms with Crippen LogP contribution in [-0.4, -0.2) is 23.1 Å². The van der Waals surface area contributed by atoms with Crippen LogP contribution in [0.1, 0.15) is 90.9 Å². The monoisotopic (exact) mass is 398 g/mol. The minimum atomic E-state index is 0.218. The zero-order chi connectivity index (χ0) is 19.3. The van der Waals surface area contributed by atoms with Crippen LogP contribution in [0.4, 0.5) is 0 Å². The molecular formula is C22H38O2S2. The lowest BCUT2D eigenvalue weighted by molar-refractivity contribution is -0.115. The Bertz CT molecular complexity index is 365. The summed E-state index contributed by atoms with van der Waals surface area (Å²) in [5.41, 5.74) is 0. The highest BCUT2D eigenvalue weighted by Gasteiger charge is 2.00. The first-order valence-electron chi connectivity index (χ1n) is 10.3. The Balaban J connectivity index is 3.45. The summed E-state index contributed by atoms with van der Waals surface area (Å²) in [7, 11) is 3.39. The average molecular weight is 399 g/mol. The Kier molecular flexibility index (Phi) is 20.4. The molecule has 0 aliphatic heterocycles. The van der Waals surface area contributed by atoms with Gasteiger partial charge >= 0.3 is 0 Å². The first-order valence-corrected chi connectivity index (χ1v) is 12.8. The van der Waals surface area contributed by atoms with E-state index >= 15 is 0 Å². The maximum Gasteiger partial charge on any atom is 0.156 e. The van der Waals surface area contributed by atoms with Crippen molar-refractivity contribution in [1.29, 1.82) is 0 Å². The third-order valence-corrected chi connectivity index (χ3v) is 6.41. The smallest absolute Gasteiger partial charge is 0.156 e. The lowest BCUT2D eigenvalue weighted by Crippen LogP contribution is -1.95. The van der Waals surface area contributed by atoms with E-state index in [0.29, 0.717) is 12.8 Å². The molecule has 4 heteroatoms. The fourth-order valence-corrected chi connectivity index (χ4v) is 4.39. The van der Waals surface area contributed by atoms with Crippen LogP contribution in [0.2, 0.25) is 0 Å². The molecule has 0 spiro atoms. The second kappa shape index (κ2) is 20.8. The summed E-state index contributed by atoms with van der Waals surface area (Å²) in [6.07, 6.45) is 20.7. The lowest BCUT2D eigenvalue weighted by atomic mass is 10.1. The van der Waals surface area contributed by atoms with E-state index < -0.39 is 0 Å². The van der Waals surface area contributed by atoms with Crippen LogP contribution >= 0.6 is 21.6 Å². The first-order chi connectivity index (χ1) is 12.7. The Morgan fingerprint density at radius 3 is 1.46 bits per heavy atom. The van der Waals surface area contributed by atoms with Crippen LogP contribution < -0.4 is 0 Å². The molecule has 0 aliphatic carbocycles. The highest BCUT2D eigenvalue weighted by molar-refractivity contribution is 8.76. The number of hydrogen-bond acceptors (Lipinski definition) is 4. The SMILES string of the molecule is CCCCCCC=CC(=O)CCSSCCC(=O)C=CCCCCCC. The number of hydrogen-bond donors (Lipinski definition) is 0. The largest absolute Gasteiger partial charge is 0.295 e. The molecule has 0 rings (SSSR count). The van der Waals surface area contributed by atoms with Gasteiger partial charge in [0.2, 0.25) is 0 Å². The minimum Gasteiger partial charge on any atom is -0.295 e. The first kappa shape index (κ1) is 25.5. The van der Waals surface area contributed by atoms with Gasteiger partial charge in [-0.25, -0.2) is 0 Å². The van der Waals surface area contributed by atoms with Crippen molar-refractivity contribution in [2.24, 2.45) is 0 Å². The molecule has 2 nitrogen and oxygen atoms in total. The van der Waals surface area contributed by atoms with Gasteiger partial charge in [0, 0.05) is 24.3 Å². The van der Waals surface area contributed by atoms with Crippen molar-refractivity contribution in [3.63, 3.8) is 0 Å². The van der Waals surface area contributed by atoms with Crippen LogP contribution in [-0.2, 0) is 9.59 Å². The number of ketones is 2. The molecule has 0 aromatic heterocycles. The fraction of sp³-hybridized carbons (Fsp3) is 0.727. The van der Waals surface area contributed by atoms with Gasteiger partial charge in [0.1, 0.15) is 0 Å². The molecule has 0 N–H and O–H groups in total. The molecule has 0 saturated heterocycles. The van der Waals surface area contributed by atoms with Crippen molar-refractivity contribution >= 4 is 33.2 Å². The quantitative estimate of drug-likeness (QED) is 0.129. The van der Waals surface area contributed by atoms with Gasteiger partial charge in [-0.3, -0.25) is 9.59 Å². The molecular weight excluding hydrogens is 360 g/mol. The van der Waals surface area contributed by atoms with Crippen molar-refractivity contribution in [2.45, 2.75) is 90.9 Å². The van der Waals surface area contributed by atoms with Gasteiger partial charge in [-0.1, -0.05) is 86.1 Å². The van der Waals surface area contributed by atoms with Gasteiger partial charge in [0.05, 0.1) is 0 Å².